The van der Waals surface area contributed by atoms with Gasteiger partial charge in [-0.15, -0.1) is 0 Å². The first kappa shape index (κ1) is 17.8. The first-order valence-electron chi connectivity index (χ1n) is 6.98. The molecule has 0 fully saturated rings. The third-order valence-corrected chi connectivity index (χ3v) is 3.71. The van der Waals surface area contributed by atoms with E-state index in [9.17, 15) is 4.79 Å². The molecule has 7 heteroatoms. The van der Waals surface area contributed by atoms with Gasteiger partial charge in [0.15, 0.2) is 0 Å². The lowest BCUT2D eigenvalue weighted by Gasteiger charge is -2.08. The number of nitrogens with one attached hydrogen (secondary N) is 1. The lowest BCUT2D eigenvalue weighted by atomic mass is 10.2. The SMILES string of the molecule is COc1ccc(OC)c(/C=N\NC(=O)c2cc(Br)ccc2OC)c1. The summed E-state index contributed by atoms with van der Waals surface area (Å²) in [6.07, 6.45) is 1.49. The fourth-order valence-corrected chi connectivity index (χ4v) is 2.38. The molecule has 0 saturated carbocycles. The zero-order valence-electron chi connectivity index (χ0n) is 13.5. The molecule has 0 aliphatic carbocycles. The van der Waals surface area contributed by atoms with Crippen LogP contribution in [-0.4, -0.2) is 33.5 Å². The van der Waals surface area contributed by atoms with E-state index in [2.05, 4.69) is 26.5 Å². The molecule has 2 aromatic rings. The van der Waals surface area contributed by atoms with E-state index < -0.39 is 0 Å². The Morgan fingerprint density at radius 3 is 2.42 bits per heavy atom. The second kappa shape index (κ2) is 8.35. The monoisotopic (exact) mass is 392 g/mol. The van der Waals surface area contributed by atoms with Crippen LogP contribution in [0.25, 0.3) is 0 Å². The maximum Gasteiger partial charge on any atom is 0.275 e. The molecule has 126 valence electrons. The number of benzene rings is 2. The molecule has 0 heterocycles. The van der Waals surface area contributed by atoms with Gasteiger partial charge >= 0.3 is 0 Å². The normalized spacial score (nSPS) is 10.5. The molecule has 24 heavy (non-hydrogen) atoms. The summed E-state index contributed by atoms with van der Waals surface area (Å²) in [6.45, 7) is 0. The third-order valence-electron chi connectivity index (χ3n) is 3.21. The highest BCUT2D eigenvalue weighted by Crippen LogP contribution is 2.23. The minimum atomic E-state index is -0.383. The average molecular weight is 393 g/mol. The standard InChI is InChI=1S/C17H17BrN2O4/c1-22-13-5-7-15(23-2)11(8-13)10-19-20-17(21)14-9-12(18)4-6-16(14)24-3/h4-10H,1-3H3,(H,20,21)/b19-10-. The Morgan fingerprint density at radius 2 is 1.75 bits per heavy atom. The summed E-state index contributed by atoms with van der Waals surface area (Å²) in [6, 6.07) is 10.5. The van der Waals surface area contributed by atoms with E-state index in [1.165, 1.54) is 13.3 Å². The summed E-state index contributed by atoms with van der Waals surface area (Å²) in [4.78, 5) is 12.3. The number of hydrazone groups is 1. The summed E-state index contributed by atoms with van der Waals surface area (Å²) >= 11 is 3.33. The van der Waals surface area contributed by atoms with Crippen LogP contribution in [0.3, 0.4) is 0 Å². The number of hydrogen-bond donors (Lipinski definition) is 1. The fourth-order valence-electron chi connectivity index (χ4n) is 2.02. The van der Waals surface area contributed by atoms with Crippen molar-refractivity contribution in [3.63, 3.8) is 0 Å². The van der Waals surface area contributed by atoms with Crippen LogP contribution in [0.4, 0.5) is 0 Å². The van der Waals surface area contributed by atoms with Crippen LogP contribution in [-0.2, 0) is 0 Å². The summed E-state index contributed by atoms with van der Waals surface area (Å²) in [5.41, 5.74) is 3.53. The molecule has 0 spiro atoms. The van der Waals surface area contributed by atoms with Gasteiger partial charge in [0.25, 0.3) is 5.91 Å². The quantitative estimate of drug-likeness (QED) is 0.605. The lowest BCUT2D eigenvalue weighted by molar-refractivity contribution is 0.0952. The van der Waals surface area contributed by atoms with Crippen molar-refractivity contribution >= 4 is 28.1 Å². The Morgan fingerprint density at radius 1 is 1.04 bits per heavy atom. The number of carbonyl (C=O) groups is 1. The van der Waals surface area contributed by atoms with E-state index in [1.807, 2.05) is 0 Å². The predicted octanol–water partition coefficient (Wildman–Crippen LogP) is 3.24. The number of methoxy groups -OCH3 is 3. The van der Waals surface area contributed by atoms with Crippen LogP contribution < -0.4 is 19.6 Å². The van der Waals surface area contributed by atoms with E-state index in [1.54, 1.807) is 50.6 Å². The Bertz CT molecular complexity index is 762. The maximum atomic E-state index is 12.3. The fraction of sp³-hybridized carbons (Fsp3) is 0.176. The molecule has 0 aromatic heterocycles. The van der Waals surface area contributed by atoms with Crippen molar-refractivity contribution in [2.24, 2.45) is 5.10 Å². The van der Waals surface area contributed by atoms with Crippen molar-refractivity contribution in [1.82, 2.24) is 5.43 Å². The van der Waals surface area contributed by atoms with Crippen LogP contribution in [0.1, 0.15) is 15.9 Å². The Kier molecular flexibility index (Phi) is 6.20. The molecule has 1 N–H and O–H groups in total. The highest BCUT2D eigenvalue weighted by atomic mass is 79.9. The van der Waals surface area contributed by atoms with Gasteiger partial charge in [0.1, 0.15) is 17.2 Å². The average Bonchev–Trinajstić information content (AvgIpc) is 2.61. The van der Waals surface area contributed by atoms with E-state index in [-0.39, 0.29) is 5.91 Å². The van der Waals surface area contributed by atoms with Gasteiger partial charge in [-0.25, -0.2) is 5.43 Å². The number of rotatable bonds is 6. The number of nitrogens with zero attached hydrogens (tertiary/aromatic N) is 1. The van der Waals surface area contributed by atoms with Gasteiger partial charge in [-0.3, -0.25) is 4.79 Å². The molecule has 0 radical (unpaired) electrons. The van der Waals surface area contributed by atoms with Crippen LogP contribution in [0.15, 0.2) is 46.0 Å². The first-order chi connectivity index (χ1) is 11.6. The first-order valence-corrected chi connectivity index (χ1v) is 7.77. The molecule has 0 atom stereocenters. The molecule has 0 saturated heterocycles. The molecule has 0 bridgehead atoms. The van der Waals surface area contributed by atoms with Gasteiger partial charge in [0.05, 0.1) is 33.1 Å². The van der Waals surface area contributed by atoms with Crippen molar-refractivity contribution in [1.29, 1.82) is 0 Å². The molecule has 1 amide bonds. The molecule has 6 nitrogen and oxygen atoms in total. The summed E-state index contributed by atoms with van der Waals surface area (Å²) < 4.78 is 16.4. The molecule has 0 aliphatic rings. The highest BCUT2D eigenvalue weighted by Gasteiger charge is 2.12. The van der Waals surface area contributed by atoms with Crippen molar-refractivity contribution in [2.45, 2.75) is 0 Å². The zero-order chi connectivity index (χ0) is 17.5. The van der Waals surface area contributed by atoms with Gasteiger partial charge < -0.3 is 14.2 Å². The van der Waals surface area contributed by atoms with Crippen LogP contribution in [0.5, 0.6) is 17.2 Å². The summed E-state index contributed by atoms with van der Waals surface area (Å²) in [5, 5.41) is 3.98. The van der Waals surface area contributed by atoms with Gasteiger partial charge in [-0.2, -0.15) is 5.10 Å². The number of ether oxygens (including phenoxy) is 3. The third kappa shape index (κ3) is 4.26. The Labute approximate surface area is 148 Å². The van der Waals surface area contributed by atoms with Crippen molar-refractivity contribution in [2.75, 3.05) is 21.3 Å². The number of halogens is 1. The van der Waals surface area contributed by atoms with Gasteiger partial charge in [0, 0.05) is 10.0 Å². The Hall–Kier alpha value is -2.54. The van der Waals surface area contributed by atoms with E-state index >= 15 is 0 Å². The zero-order valence-corrected chi connectivity index (χ0v) is 15.1. The molecule has 0 unspecified atom stereocenters. The van der Waals surface area contributed by atoms with Gasteiger partial charge in [-0.1, -0.05) is 15.9 Å². The Balaban J connectivity index is 2.17. The smallest absolute Gasteiger partial charge is 0.275 e. The molecular weight excluding hydrogens is 376 g/mol. The predicted molar refractivity (Wildman–Crippen MR) is 95.3 cm³/mol. The van der Waals surface area contributed by atoms with Crippen LogP contribution in [0, 0.1) is 0 Å². The number of hydrogen-bond acceptors (Lipinski definition) is 5. The van der Waals surface area contributed by atoms with Crippen LogP contribution in [0.2, 0.25) is 0 Å². The van der Waals surface area contributed by atoms with Gasteiger partial charge in [0.2, 0.25) is 0 Å². The second-order valence-electron chi connectivity index (χ2n) is 4.65. The van der Waals surface area contributed by atoms with E-state index in [0.717, 1.165) is 4.47 Å². The summed E-state index contributed by atoms with van der Waals surface area (Å²) in [5.74, 6) is 1.36. The van der Waals surface area contributed by atoms with E-state index in [4.69, 9.17) is 14.2 Å². The van der Waals surface area contributed by atoms with Crippen molar-refractivity contribution in [3.8, 4) is 17.2 Å². The van der Waals surface area contributed by atoms with Crippen molar-refractivity contribution < 1.29 is 19.0 Å². The number of carbonyl (C=O) groups excluding carboxylic acids is 1. The molecule has 0 aliphatic heterocycles. The molecule has 2 aromatic carbocycles. The minimum Gasteiger partial charge on any atom is -0.497 e. The summed E-state index contributed by atoms with van der Waals surface area (Å²) in [7, 11) is 4.64. The van der Waals surface area contributed by atoms with Gasteiger partial charge in [-0.05, 0) is 36.4 Å². The topological polar surface area (TPSA) is 69.2 Å². The molecule has 2 rings (SSSR count). The minimum absolute atomic E-state index is 0.377. The van der Waals surface area contributed by atoms with Crippen LogP contribution >= 0.6 is 15.9 Å². The maximum absolute atomic E-state index is 12.3. The van der Waals surface area contributed by atoms with Crippen molar-refractivity contribution in [3.05, 3.63) is 52.0 Å². The highest BCUT2D eigenvalue weighted by molar-refractivity contribution is 9.10. The largest absolute Gasteiger partial charge is 0.497 e. The molecular formula is C17H17BrN2O4. The number of amides is 1. The second-order valence-corrected chi connectivity index (χ2v) is 5.57. The lowest BCUT2D eigenvalue weighted by Crippen LogP contribution is -2.18. The van der Waals surface area contributed by atoms with E-state index in [0.29, 0.717) is 28.4 Å².